The van der Waals surface area contributed by atoms with Crippen LogP contribution in [0.1, 0.15) is 50.4 Å². The van der Waals surface area contributed by atoms with Crippen LogP contribution >= 0.6 is 0 Å². The van der Waals surface area contributed by atoms with Gasteiger partial charge in [-0.3, -0.25) is 0 Å². The first-order valence-corrected chi connectivity index (χ1v) is 7.27. The molecule has 118 valence electrons. The molecule has 1 N–H and O–H groups in total. The monoisotopic (exact) mass is 308 g/mol. The molecule has 1 aromatic carbocycles. The summed E-state index contributed by atoms with van der Waals surface area (Å²) in [4.78, 5) is 4.03. The fourth-order valence-corrected chi connectivity index (χ4v) is 1.89. The molecule has 0 aliphatic heterocycles. The maximum Gasteiger partial charge on any atom is 0.252 e. The van der Waals surface area contributed by atoms with Gasteiger partial charge in [0.05, 0.1) is 6.21 Å². The summed E-state index contributed by atoms with van der Waals surface area (Å²) in [7, 11) is 0. The molecule has 5 nitrogen and oxygen atoms in total. The second kappa shape index (κ2) is 6.49. The number of rotatable bonds is 4. The first-order valence-electron chi connectivity index (χ1n) is 7.27. The third-order valence-corrected chi connectivity index (χ3v) is 3.25. The van der Waals surface area contributed by atoms with E-state index >= 15 is 0 Å². The second-order valence-electron chi connectivity index (χ2n) is 6.33. The highest BCUT2D eigenvalue weighted by Crippen LogP contribution is 2.22. The van der Waals surface area contributed by atoms with Crippen LogP contribution in [0, 0.1) is 11.3 Å². The highest BCUT2D eigenvalue weighted by atomic mass is 16.4. The SMILES string of the molecule is C=C(C)c1nc(C#N)c(N/N=C\c2ccc(C(C)(C)C)cc2)o1. The van der Waals surface area contributed by atoms with Gasteiger partial charge in [0, 0.05) is 5.57 Å². The third-order valence-electron chi connectivity index (χ3n) is 3.25. The number of hydrazone groups is 1. The Morgan fingerprint density at radius 3 is 2.52 bits per heavy atom. The van der Waals surface area contributed by atoms with Crippen LogP contribution in [-0.4, -0.2) is 11.2 Å². The fraction of sp³-hybridized carbons (Fsp3) is 0.278. The van der Waals surface area contributed by atoms with Crippen molar-refractivity contribution in [2.75, 3.05) is 5.43 Å². The minimum atomic E-state index is 0.119. The van der Waals surface area contributed by atoms with E-state index in [9.17, 15) is 0 Å². The lowest BCUT2D eigenvalue weighted by molar-refractivity contribution is 0.554. The van der Waals surface area contributed by atoms with Crippen LogP contribution in [0.25, 0.3) is 5.57 Å². The van der Waals surface area contributed by atoms with E-state index in [4.69, 9.17) is 9.68 Å². The molecule has 2 aromatic rings. The van der Waals surface area contributed by atoms with Crippen molar-refractivity contribution < 1.29 is 4.42 Å². The number of allylic oxidation sites excluding steroid dienone is 1. The number of hydrogen-bond donors (Lipinski definition) is 1. The predicted molar refractivity (Wildman–Crippen MR) is 92.3 cm³/mol. The van der Waals surface area contributed by atoms with Crippen LogP contribution in [0.5, 0.6) is 0 Å². The Morgan fingerprint density at radius 2 is 2.00 bits per heavy atom. The van der Waals surface area contributed by atoms with Gasteiger partial charge in [0.1, 0.15) is 6.07 Å². The van der Waals surface area contributed by atoms with Gasteiger partial charge in [-0.25, -0.2) is 5.43 Å². The van der Waals surface area contributed by atoms with Crippen molar-refractivity contribution in [1.29, 1.82) is 5.26 Å². The number of nitriles is 1. The number of oxazole rings is 1. The number of anilines is 1. The van der Waals surface area contributed by atoms with Crippen molar-refractivity contribution in [3.8, 4) is 6.07 Å². The lowest BCUT2D eigenvalue weighted by Gasteiger charge is -2.18. The highest BCUT2D eigenvalue weighted by Gasteiger charge is 2.13. The third kappa shape index (κ3) is 4.07. The second-order valence-corrected chi connectivity index (χ2v) is 6.33. The normalized spacial score (nSPS) is 11.4. The van der Waals surface area contributed by atoms with Gasteiger partial charge >= 0.3 is 0 Å². The van der Waals surface area contributed by atoms with Crippen molar-refractivity contribution in [2.24, 2.45) is 5.10 Å². The molecule has 0 radical (unpaired) electrons. The smallest absolute Gasteiger partial charge is 0.252 e. The van der Waals surface area contributed by atoms with Crippen LogP contribution in [0.3, 0.4) is 0 Å². The van der Waals surface area contributed by atoms with E-state index in [0.717, 1.165) is 5.56 Å². The molecule has 2 rings (SSSR count). The summed E-state index contributed by atoms with van der Waals surface area (Å²) in [5, 5.41) is 13.1. The fourth-order valence-electron chi connectivity index (χ4n) is 1.89. The first-order chi connectivity index (χ1) is 10.8. The van der Waals surface area contributed by atoms with E-state index in [1.807, 2.05) is 18.2 Å². The maximum absolute atomic E-state index is 9.04. The minimum absolute atomic E-state index is 0.119. The Morgan fingerprint density at radius 1 is 1.35 bits per heavy atom. The van der Waals surface area contributed by atoms with Gasteiger partial charge in [0.25, 0.3) is 5.88 Å². The molecule has 0 spiro atoms. The van der Waals surface area contributed by atoms with Gasteiger partial charge in [0.2, 0.25) is 11.6 Å². The summed E-state index contributed by atoms with van der Waals surface area (Å²) >= 11 is 0. The van der Waals surface area contributed by atoms with E-state index in [1.54, 1.807) is 13.1 Å². The molecule has 0 saturated carbocycles. The zero-order valence-corrected chi connectivity index (χ0v) is 13.8. The average molecular weight is 308 g/mol. The molecular weight excluding hydrogens is 288 g/mol. The summed E-state index contributed by atoms with van der Waals surface area (Å²) in [6.07, 6.45) is 1.66. The molecule has 1 aromatic heterocycles. The van der Waals surface area contributed by atoms with Crippen LogP contribution in [0.2, 0.25) is 0 Å². The average Bonchev–Trinajstić information content (AvgIpc) is 2.90. The Labute approximate surface area is 136 Å². The molecule has 0 saturated heterocycles. The van der Waals surface area contributed by atoms with Gasteiger partial charge in [-0.2, -0.15) is 15.3 Å². The topological polar surface area (TPSA) is 74.2 Å². The molecule has 23 heavy (non-hydrogen) atoms. The van der Waals surface area contributed by atoms with Crippen molar-refractivity contribution in [3.63, 3.8) is 0 Å². The minimum Gasteiger partial charge on any atom is -0.418 e. The Kier molecular flexibility index (Phi) is 4.65. The highest BCUT2D eigenvalue weighted by molar-refractivity contribution is 5.80. The van der Waals surface area contributed by atoms with Crippen molar-refractivity contribution in [3.05, 3.63) is 53.6 Å². The number of hydrogen-bond acceptors (Lipinski definition) is 5. The molecule has 0 aliphatic rings. The number of nitrogens with zero attached hydrogens (tertiary/aromatic N) is 3. The van der Waals surface area contributed by atoms with Gasteiger partial charge in [-0.1, -0.05) is 51.6 Å². The molecule has 0 fully saturated rings. The van der Waals surface area contributed by atoms with Gasteiger partial charge in [-0.15, -0.1) is 0 Å². The molecule has 0 bridgehead atoms. The number of benzene rings is 1. The molecule has 0 aliphatic carbocycles. The van der Waals surface area contributed by atoms with Crippen LogP contribution < -0.4 is 5.43 Å². The summed E-state index contributed by atoms with van der Waals surface area (Å²) < 4.78 is 5.41. The maximum atomic E-state index is 9.04. The Hall–Kier alpha value is -2.87. The van der Waals surface area contributed by atoms with Crippen molar-refractivity contribution in [1.82, 2.24) is 4.98 Å². The van der Waals surface area contributed by atoms with E-state index in [0.29, 0.717) is 11.5 Å². The van der Waals surface area contributed by atoms with E-state index in [1.165, 1.54) is 5.56 Å². The standard InChI is InChI=1S/C18H20N4O/c1-12(2)16-21-15(10-19)17(23-16)22-20-11-13-6-8-14(9-7-13)18(3,4)5/h6-9,11,22H,1H2,2-5H3/b20-11-. The van der Waals surface area contributed by atoms with E-state index in [-0.39, 0.29) is 17.0 Å². The number of aromatic nitrogens is 1. The number of nitrogens with one attached hydrogen (secondary N) is 1. The van der Waals surface area contributed by atoms with Crippen molar-refractivity contribution in [2.45, 2.75) is 33.1 Å². The molecule has 5 heteroatoms. The summed E-state index contributed by atoms with van der Waals surface area (Å²) in [6, 6.07) is 10.1. The zero-order valence-electron chi connectivity index (χ0n) is 13.8. The first kappa shape index (κ1) is 16.5. The van der Waals surface area contributed by atoms with Gasteiger partial charge < -0.3 is 4.42 Å². The molecular formula is C18H20N4O. The van der Waals surface area contributed by atoms with Gasteiger partial charge in [0.15, 0.2) is 0 Å². The Bertz CT molecular complexity index is 771. The van der Waals surface area contributed by atoms with E-state index in [2.05, 4.69) is 55.0 Å². The van der Waals surface area contributed by atoms with Crippen LogP contribution in [-0.2, 0) is 5.41 Å². The van der Waals surface area contributed by atoms with Gasteiger partial charge in [-0.05, 0) is 23.5 Å². The molecule has 0 atom stereocenters. The zero-order chi connectivity index (χ0) is 17.0. The predicted octanol–water partition coefficient (Wildman–Crippen LogP) is 4.32. The van der Waals surface area contributed by atoms with Crippen LogP contribution in [0.15, 0.2) is 40.4 Å². The summed E-state index contributed by atoms with van der Waals surface area (Å²) in [6.45, 7) is 12.0. The molecule has 0 unspecified atom stereocenters. The van der Waals surface area contributed by atoms with E-state index < -0.39 is 0 Å². The largest absolute Gasteiger partial charge is 0.418 e. The summed E-state index contributed by atoms with van der Waals surface area (Å²) in [5.74, 6) is 0.543. The van der Waals surface area contributed by atoms with Crippen molar-refractivity contribution >= 4 is 17.7 Å². The Balaban J connectivity index is 2.10. The lowest BCUT2D eigenvalue weighted by atomic mass is 9.87. The molecule has 0 amide bonds. The summed E-state index contributed by atoms with van der Waals surface area (Å²) in [5.41, 5.74) is 5.84. The lowest BCUT2D eigenvalue weighted by Crippen LogP contribution is -2.10. The quantitative estimate of drug-likeness (QED) is 0.674. The van der Waals surface area contributed by atoms with Crippen LogP contribution in [0.4, 0.5) is 5.88 Å². The molecule has 1 heterocycles.